The van der Waals surface area contributed by atoms with Gasteiger partial charge in [-0.05, 0) is 30.2 Å². The smallest absolute Gasteiger partial charge is 0.250 e. The zero-order valence-electron chi connectivity index (χ0n) is 15.2. The molecule has 6 nitrogen and oxygen atoms in total. The number of hydrogen-bond donors (Lipinski definition) is 1. The molecule has 1 heterocycles. The number of ether oxygens (including phenoxy) is 2. The van der Waals surface area contributed by atoms with Crippen LogP contribution >= 0.6 is 22.9 Å². The second kappa shape index (κ2) is 9.54. The minimum absolute atomic E-state index is 0.275. The van der Waals surface area contributed by atoms with Crippen LogP contribution in [-0.4, -0.2) is 29.8 Å². The lowest BCUT2D eigenvalue weighted by Gasteiger charge is -2.12. The Kier molecular flexibility index (Phi) is 7.41. The molecule has 1 aromatic carbocycles. The molecule has 0 aliphatic rings. The SMILES string of the molecule is CCCOc1c(Cl)cc(/C=C/C(=O)Nc2nnc(C(C)C)s2)cc1OC. The predicted molar refractivity (Wildman–Crippen MR) is 105 cm³/mol. The van der Waals surface area contributed by atoms with E-state index in [2.05, 4.69) is 15.5 Å². The Hall–Kier alpha value is -2.12. The number of methoxy groups -OCH3 is 1. The first-order valence-corrected chi connectivity index (χ1v) is 9.46. The first-order chi connectivity index (χ1) is 12.4. The molecule has 0 bridgehead atoms. The first-order valence-electron chi connectivity index (χ1n) is 8.27. The normalized spacial score (nSPS) is 11.2. The number of carbonyl (C=O) groups excluding carboxylic acids is 1. The van der Waals surface area contributed by atoms with Gasteiger partial charge in [-0.1, -0.05) is 43.7 Å². The lowest BCUT2D eigenvalue weighted by molar-refractivity contribution is -0.111. The molecule has 2 rings (SSSR count). The maximum absolute atomic E-state index is 12.1. The van der Waals surface area contributed by atoms with Crippen molar-refractivity contribution < 1.29 is 14.3 Å². The molecule has 0 radical (unpaired) electrons. The van der Waals surface area contributed by atoms with Crippen molar-refractivity contribution in [2.45, 2.75) is 33.1 Å². The third-order valence-corrected chi connectivity index (χ3v) is 4.71. The maximum atomic E-state index is 12.1. The van der Waals surface area contributed by atoms with Crippen LogP contribution in [0, 0.1) is 0 Å². The number of hydrogen-bond acceptors (Lipinski definition) is 6. The average molecular weight is 396 g/mol. The van der Waals surface area contributed by atoms with Crippen molar-refractivity contribution in [3.8, 4) is 11.5 Å². The molecular weight excluding hydrogens is 374 g/mol. The van der Waals surface area contributed by atoms with Gasteiger partial charge in [0.2, 0.25) is 11.0 Å². The summed E-state index contributed by atoms with van der Waals surface area (Å²) >= 11 is 7.63. The summed E-state index contributed by atoms with van der Waals surface area (Å²) < 4.78 is 10.9. The highest BCUT2D eigenvalue weighted by molar-refractivity contribution is 7.15. The molecule has 0 aliphatic heterocycles. The van der Waals surface area contributed by atoms with E-state index in [0.717, 1.165) is 17.0 Å². The van der Waals surface area contributed by atoms with Crippen LogP contribution in [0.4, 0.5) is 5.13 Å². The van der Waals surface area contributed by atoms with E-state index >= 15 is 0 Å². The number of nitrogens with one attached hydrogen (secondary N) is 1. The van der Waals surface area contributed by atoms with Crippen LogP contribution in [0.15, 0.2) is 18.2 Å². The Morgan fingerprint density at radius 3 is 2.77 bits per heavy atom. The summed E-state index contributed by atoms with van der Waals surface area (Å²) in [6.07, 6.45) is 3.93. The third-order valence-electron chi connectivity index (χ3n) is 3.29. The summed E-state index contributed by atoms with van der Waals surface area (Å²) in [6.45, 7) is 6.61. The van der Waals surface area contributed by atoms with Crippen LogP contribution in [0.5, 0.6) is 11.5 Å². The van der Waals surface area contributed by atoms with E-state index in [1.54, 1.807) is 25.3 Å². The molecule has 2 aromatic rings. The molecule has 1 aromatic heterocycles. The summed E-state index contributed by atoms with van der Waals surface area (Å²) in [5, 5.41) is 12.5. The molecule has 1 amide bonds. The first kappa shape index (κ1) is 20.2. The molecule has 0 fully saturated rings. The van der Waals surface area contributed by atoms with Gasteiger partial charge in [-0.25, -0.2) is 0 Å². The Balaban J connectivity index is 2.08. The molecule has 0 spiro atoms. The highest BCUT2D eigenvalue weighted by Gasteiger charge is 2.12. The van der Waals surface area contributed by atoms with Gasteiger partial charge in [0.05, 0.1) is 18.7 Å². The molecule has 0 atom stereocenters. The summed E-state index contributed by atoms with van der Waals surface area (Å²) in [4.78, 5) is 12.1. The van der Waals surface area contributed by atoms with Crippen molar-refractivity contribution in [1.29, 1.82) is 0 Å². The van der Waals surface area contributed by atoms with Crippen molar-refractivity contribution in [2.75, 3.05) is 19.0 Å². The zero-order chi connectivity index (χ0) is 19.1. The van der Waals surface area contributed by atoms with Gasteiger partial charge >= 0.3 is 0 Å². The van der Waals surface area contributed by atoms with Crippen LogP contribution in [0.25, 0.3) is 6.08 Å². The fourth-order valence-electron chi connectivity index (χ4n) is 2.02. The molecule has 0 saturated carbocycles. The number of nitrogens with zero attached hydrogens (tertiary/aromatic N) is 2. The molecule has 0 unspecified atom stereocenters. The summed E-state index contributed by atoms with van der Waals surface area (Å²) in [5.74, 6) is 1.01. The predicted octanol–water partition coefficient (Wildman–Crippen LogP) is 4.76. The minimum atomic E-state index is -0.294. The third kappa shape index (κ3) is 5.44. The molecule has 140 valence electrons. The monoisotopic (exact) mass is 395 g/mol. The fraction of sp³-hybridized carbons (Fsp3) is 0.389. The van der Waals surface area contributed by atoms with Gasteiger partial charge in [0.1, 0.15) is 5.01 Å². The van der Waals surface area contributed by atoms with Crippen molar-refractivity contribution in [3.63, 3.8) is 0 Å². The molecule has 8 heteroatoms. The van der Waals surface area contributed by atoms with Gasteiger partial charge in [0.25, 0.3) is 0 Å². The van der Waals surface area contributed by atoms with Gasteiger partial charge in [0.15, 0.2) is 11.5 Å². The minimum Gasteiger partial charge on any atom is -0.493 e. The van der Waals surface area contributed by atoms with Crippen molar-refractivity contribution >= 4 is 40.1 Å². The lowest BCUT2D eigenvalue weighted by atomic mass is 10.2. The quantitative estimate of drug-likeness (QED) is 0.652. The Morgan fingerprint density at radius 2 is 2.15 bits per heavy atom. The number of benzene rings is 1. The molecular formula is C18H22ClN3O3S. The van der Waals surface area contributed by atoms with E-state index in [1.165, 1.54) is 17.4 Å². The van der Waals surface area contributed by atoms with E-state index in [1.807, 2.05) is 20.8 Å². The molecule has 0 aliphatic carbocycles. The van der Waals surface area contributed by atoms with Crippen LogP contribution in [0.2, 0.25) is 5.02 Å². The van der Waals surface area contributed by atoms with Gasteiger partial charge in [-0.2, -0.15) is 0 Å². The van der Waals surface area contributed by atoms with E-state index in [-0.39, 0.29) is 11.8 Å². The molecule has 26 heavy (non-hydrogen) atoms. The van der Waals surface area contributed by atoms with Gasteiger partial charge in [-0.3, -0.25) is 10.1 Å². The number of rotatable bonds is 8. The Labute approximate surface area is 162 Å². The Bertz CT molecular complexity index is 790. The molecule has 1 N–H and O–H groups in total. The second-order valence-electron chi connectivity index (χ2n) is 5.81. The number of aromatic nitrogens is 2. The fourth-order valence-corrected chi connectivity index (χ4v) is 3.04. The van der Waals surface area contributed by atoms with Crippen LogP contribution in [-0.2, 0) is 4.79 Å². The van der Waals surface area contributed by atoms with E-state index < -0.39 is 0 Å². The average Bonchev–Trinajstić information content (AvgIpc) is 3.07. The van der Waals surface area contributed by atoms with Gasteiger partial charge in [-0.15, -0.1) is 10.2 Å². The maximum Gasteiger partial charge on any atom is 0.250 e. The van der Waals surface area contributed by atoms with Crippen molar-refractivity contribution in [1.82, 2.24) is 10.2 Å². The second-order valence-corrected chi connectivity index (χ2v) is 7.22. The highest BCUT2D eigenvalue weighted by Crippen LogP contribution is 2.36. The topological polar surface area (TPSA) is 73.3 Å². The van der Waals surface area contributed by atoms with Crippen molar-refractivity contribution in [2.24, 2.45) is 0 Å². The van der Waals surface area contributed by atoms with E-state index in [0.29, 0.717) is 28.3 Å². The van der Waals surface area contributed by atoms with Gasteiger partial charge < -0.3 is 9.47 Å². The summed E-state index contributed by atoms with van der Waals surface area (Å²) in [5.41, 5.74) is 0.728. The molecule has 0 saturated heterocycles. The van der Waals surface area contributed by atoms with Gasteiger partial charge in [0, 0.05) is 12.0 Å². The van der Waals surface area contributed by atoms with Crippen LogP contribution in [0.3, 0.4) is 0 Å². The summed E-state index contributed by atoms with van der Waals surface area (Å²) in [6, 6.07) is 3.49. The number of carbonyl (C=O) groups is 1. The van der Waals surface area contributed by atoms with E-state index in [4.69, 9.17) is 21.1 Å². The number of halogens is 1. The Morgan fingerprint density at radius 1 is 1.38 bits per heavy atom. The number of amides is 1. The highest BCUT2D eigenvalue weighted by atomic mass is 35.5. The standard InChI is InChI=1S/C18H22ClN3O3S/c1-5-8-25-16-13(19)9-12(10-14(16)24-4)6-7-15(23)20-18-22-21-17(26-18)11(2)3/h6-7,9-11H,5,8H2,1-4H3,(H,20,22,23)/b7-6+. The van der Waals surface area contributed by atoms with E-state index in [9.17, 15) is 4.79 Å². The zero-order valence-corrected chi connectivity index (χ0v) is 16.8. The lowest BCUT2D eigenvalue weighted by Crippen LogP contribution is -2.07. The van der Waals surface area contributed by atoms with Crippen molar-refractivity contribution in [3.05, 3.63) is 33.8 Å². The van der Waals surface area contributed by atoms with Crippen LogP contribution in [0.1, 0.15) is 43.7 Å². The van der Waals surface area contributed by atoms with Crippen LogP contribution < -0.4 is 14.8 Å². The number of anilines is 1. The summed E-state index contributed by atoms with van der Waals surface area (Å²) in [7, 11) is 1.55. The largest absolute Gasteiger partial charge is 0.493 e.